The minimum absolute atomic E-state index is 0.0331. The standard InChI is InChI=1S/C10H19N3O3S2/c1-8(2)9-7-17-10(11-9)12-18(15,16)13(3)5-4-6-14/h7-8,14H,4-6H2,1-3H3,(H,11,12). The molecule has 1 rings (SSSR count). The highest BCUT2D eigenvalue weighted by Gasteiger charge is 2.18. The second-order valence-electron chi connectivity index (χ2n) is 4.24. The van der Waals surface area contributed by atoms with Crippen molar-refractivity contribution in [3.63, 3.8) is 0 Å². The first-order chi connectivity index (χ1) is 8.36. The van der Waals surface area contributed by atoms with Crippen molar-refractivity contribution in [3.05, 3.63) is 11.1 Å². The van der Waals surface area contributed by atoms with Crippen LogP contribution in [-0.2, 0) is 10.2 Å². The molecule has 8 heteroatoms. The second-order valence-corrected chi connectivity index (χ2v) is 6.87. The van der Waals surface area contributed by atoms with Gasteiger partial charge in [0.25, 0.3) is 0 Å². The predicted molar refractivity (Wildman–Crippen MR) is 73.1 cm³/mol. The third kappa shape index (κ3) is 4.20. The molecule has 6 nitrogen and oxygen atoms in total. The van der Waals surface area contributed by atoms with Gasteiger partial charge in [-0.25, -0.2) is 9.71 Å². The molecule has 0 atom stereocenters. The van der Waals surface area contributed by atoms with E-state index in [1.807, 2.05) is 19.2 Å². The molecule has 0 saturated carbocycles. The third-order valence-corrected chi connectivity index (χ3v) is 4.73. The topological polar surface area (TPSA) is 82.5 Å². The highest BCUT2D eigenvalue weighted by molar-refractivity contribution is 7.90. The molecule has 0 saturated heterocycles. The molecular weight excluding hydrogens is 274 g/mol. The summed E-state index contributed by atoms with van der Waals surface area (Å²) in [7, 11) is -2.11. The first kappa shape index (κ1) is 15.4. The minimum Gasteiger partial charge on any atom is -0.396 e. The van der Waals surface area contributed by atoms with Crippen LogP contribution in [-0.4, -0.2) is 43.0 Å². The Morgan fingerprint density at radius 3 is 2.72 bits per heavy atom. The van der Waals surface area contributed by atoms with Crippen LogP contribution in [0.4, 0.5) is 5.13 Å². The zero-order chi connectivity index (χ0) is 13.8. The summed E-state index contributed by atoms with van der Waals surface area (Å²) in [5.41, 5.74) is 0.871. The van der Waals surface area contributed by atoms with Crippen molar-refractivity contribution >= 4 is 26.7 Å². The van der Waals surface area contributed by atoms with Gasteiger partial charge in [-0.15, -0.1) is 11.3 Å². The molecule has 0 radical (unpaired) electrons. The molecule has 0 bridgehead atoms. The third-order valence-electron chi connectivity index (χ3n) is 2.37. The monoisotopic (exact) mass is 293 g/mol. The van der Waals surface area contributed by atoms with E-state index >= 15 is 0 Å². The second kappa shape index (κ2) is 6.46. The van der Waals surface area contributed by atoms with Crippen LogP contribution in [0.15, 0.2) is 5.38 Å². The predicted octanol–water partition coefficient (Wildman–Crippen LogP) is 1.24. The Labute approximate surface area is 112 Å². The number of aliphatic hydroxyl groups is 1. The molecule has 0 spiro atoms. The van der Waals surface area contributed by atoms with Crippen LogP contribution in [0.25, 0.3) is 0 Å². The van der Waals surface area contributed by atoms with E-state index in [0.717, 1.165) is 5.69 Å². The molecule has 0 aliphatic rings. The van der Waals surface area contributed by atoms with Crippen molar-refractivity contribution in [2.24, 2.45) is 0 Å². The maximum absolute atomic E-state index is 11.9. The van der Waals surface area contributed by atoms with Crippen LogP contribution < -0.4 is 4.72 Å². The average molecular weight is 293 g/mol. The lowest BCUT2D eigenvalue weighted by molar-refractivity contribution is 0.276. The van der Waals surface area contributed by atoms with Crippen LogP contribution >= 0.6 is 11.3 Å². The minimum atomic E-state index is -3.58. The molecule has 0 unspecified atom stereocenters. The number of rotatable bonds is 7. The largest absolute Gasteiger partial charge is 0.396 e. The summed E-state index contributed by atoms with van der Waals surface area (Å²) >= 11 is 1.27. The normalized spacial score (nSPS) is 12.3. The van der Waals surface area contributed by atoms with E-state index < -0.39 is 10.2 Å². The molecule has 0 aliphatic heterocycles. The number of thiazole rings is 1. The SMILES string of the molecule is CC(C)c1csc(NS(=O)(=O)N(C)CCCO)n1. The lowest BCUT2D eigenvalue weighted by Crippen LogP contribution is -2.33. The number of aliphatic hydroxyl groups excluding tert-OH is 1. The smallest absolute Gasteiger partial charge is 0.303 e. The summed E-state index contributed by atoms with van der Waals surface area (Å²) in [6, 6.07) is 0. The van der Waals surface area contributed by atoms with E-state index in [0.29, 0.717) is 11.6 Å². The van der Waals surface area contributed by atoms with Crippen molar-refractivity contribution in [2.45, 2.75) is 26.2 Å². The molecule has 1 aromatic rings. The van der Waals surface area contributed by atoms with E-state index in [1.165, 1.54) is 22.7 Å². The van der Waals surface area contributed by atoms with Gasteiger partial charge in [0.15, 0.2) is 5.13 Å². The molecule has 18 heavy (non-hydrogen) atoms. The van der Waals surface area contributed by atoms with E-state index in [1.54, 1.807) is 0 Å². The quantitative estimate of drug-likeness (QED) is 0.792. The molecule has 0 fully saturated rings. The van der Waals surface area contributed by atoms with Gasteiger partial charge >= 0.3 is 10.2 Å². The van der Waals surface area contributed by atoms with Crippen molar-refractivity contribution < 1.29 is 13.5 Å². The molecular formula is C10H19N3O3S2. The number of aromatic nitrogens is 1. The molecule has 0 amide bonds. The van der Waals surface area contributed by atoms with Gasteiger partial charge in [0.2, 0.25) is 0 Å². The van der Waals surface area contributed by atoms with Crippen molar-refractivity contribution in [1.29, 1.82) is 0 Å². The van der Waals surface area contributed by atoms with Crippen LogP contribution in [0.3, 0.4) is 0 Å². The van der Waals surface area contributed by atoms with Gasteiger partial charge < -0.3 is 5.11 Å². The first-order valence-corrected chi connectivity index (χ1v) is 7.99. The van der Waals surface area contributed by atoms with Crippen molar-refractivity contribution in [1.82, 2.24) is 9.29 Å². The highest BCUT2D eigenvalue weighted by Crippen LogP contribution is 2.22. The maximum atomic E-state index is 11.9. The Morgan fingerprint density at radius 2 is 2.22 bits per heavy atom. The fourth-order valence-electron chi connectivity index (χ4n) is 1.20. The zero-order valence-electron chi connectivity index (χ0n) is 10.8. The molecule has 1 aromatic heterocycles. The van der Waals surface area contributed by atoms with E-state index in [4.69, 9.17) is 5.11 Å². The Balaban J connectivity index is 2.69. The number of anilines is 1. The summed E-state index contributed by atoms with van der Waals surface area (Å²) in [4.78, 5) is 4.21. The van der Waals surface area contributed by atoms with Crippen LogP contribution in [0.2, 0.25) is 0 Å². The molecule has 1 heterocycles. The van der Waals surface area contributed by atoms with Gasteiger partial charge in [0.05, 0.1) is 5.69 Å². The molecule has 0 aromatic carbocycles. The fourth-order valence-corrected chi connectivity index (χ4v) is 3.22. The maximum Gasteiger partial charge on any atom is 0.303 e. The Hall–Kier alpha value is -0.700. The van der Waals surface area contributed by atoms with Crippen molar-refractivity contribution in [2.75, 3.05) is 24.9 Å². The molecule has 104 valence electrons. The summed E-state index contributed by atoms with van der Waals surface area (Å²) in [6.07, 6.45) is 0.409. The van der Waals surface area contributed by atoms with Crippen LogP contribution in [0.1, 0.15) is 31.9 Å². The Bertz CT molecular complexity index is 470. The summed E-state index contributed by atoms with van der Waals surface area (Å²) in [6.45, 7) is 4.24. The molecule has 0 aliphatic carbocycles. The first-order valence-electron chi connectivity index (χ1n) is 5.67. The van der Waals surface area contributed by atoms with Gasteiger partial charge in [-0.2, -0.15) is 12.7 Å². The van der Waals surface area contributed by atoms with Gasteiger partial charge in [0.1, 0.15) is 0 Å². The summed E-state index contributed by atoms with van der Waals surface area (Å²) in [5, 5.41) is 10.9. The summed E-state index contributed by atoms with van der Waals surface area (Å²) in [5.74, 6) is 0.270. The van der Waals surface area contributed by atoms with Gasteiger partial charge in [-0.05, 0) is 12.3 Å². The fraction of sp³-hybridized carbons (Fsp3) is 0.700. The van der Waals surface area contributed by atoms with Gasteiger partial charge in [-0.1, -0.05) is 13.8 Å². The Kier molecular flexibility index (Phi) is 5.51. The summed E-state index contributed by atoms with van der Waals surface area (Å²) < 4.78 is 27.4. The average Bonchev–Trinajstić information content (AvgIpc) is 2.73. The lowest BCUT2D eigenvalue weighted by atomic mass is 10.2. The Morgan fingerprint density at radius 1 is 1.56 bits per heavy atom. The lowest BCUT2D eigenvalue weighted by Gasteiger charge is -2.16. The number of hydrogen-bond acceptors (Lipinski definition) is 5. The van der Waals surface area contributed by atoms with E-state index in [2.05, 4.69) is 9.71 Å². The van der Waals surface area contributed by atoms with Crippen LogP contribution in [0.5, 0.6) is 0 Å². The van der Waals surface area contributed by atoms with Crippen LogP contribution in [0, 0.1) is 0 Å². The van der Waals surface area contributed by atoms with E-state index in [9.17, 15) is 8.42 Å². The zero-order valence-corrected chi connectivity index (χ0v) is 12.4. The van der Waals surface area contributed by atoms with E-state index in [-0.39, 0.29) is 19.1 Å². The highest BCUT2D eigenvalue weighted by atomic mass is 32.2. The van der Waals surface area contributed by atoms with Gasteiger partial charge in [-0.3, -0.25) is 0 Å². The van der Waals surface area contributed by atoms with Crippen molar-refractivity contribution in [3.8, 4) is 0 Å². The number of nitrogens with one attached hydrogen (secondary N) is 1. The van der Waals surface area contributed by atoms with Gasteiger partial charge in [0, 0.05) is 25.6 Å². The molecule has 2 N–H and O–H groups in total. The number of hydrogen-bond donors (Lipinski definition) is 2. The number of nitrogens with zero attached hydrogens (tertiary/aromatic N) is 2.